The van der Waals surface area contributed by atoms with Crippen molar-refractivity contribution < 1.29 is 89.6 Å². The third-order valence-electron chi connectivity index (χ3n) is 0. The number of rotatable bonds is 0. The van der Waals surface area contributed by atoms with Gasteiger partial charge in [0.25, 0.3) is 0 Å². The van der Waals surface area contributed by atoms with Crippen molar-refractivity contribution in [2.24, 2.45) is 0 Å². The SMILES string of the molecule is O.O.O.O.O.O.[Cl-].[Cl-].[Cl-].[Rh+2]. The van der Waals surface area contributed by atoms with Gasteiger partial charge in [-0.05, 0) is 0 Å². The van der Waals surface area contributed by atoms with Crippen LogP contribution in [0.15, 0.2) is 0 Å². The molecule has 0 fully saturated rings. The van der Waals surface area contributed by atoms with Crippen molar-refractivity contribution >= 4 is 0 Å². The minimum absolute atomic E-state index is 0. The summed E-state index contributed by atoms with van der Waals surface area (Å²) in [6.45, 7) is 0. The molecule has 0 aromatic carbocycles. The zero-order valence-corrected chi connectivity index (χ0v) is 8.37. The second kappa shape index (κ2) is 559. The minimum Gasteiger partial charge on any atom is -1.00 e. The maximum absolute atomic E-state index is 0. The van der Waals surface area contributed by atoms with Crippen molar-refractivity contribution in [3.63, 3.8) is 0 Å². The van der Waals surface area contributed by atoms with E-state index in [2.05, 4.69) is 0 Å². The zero-order chi connectivity index (χ0) is 0. The van der Waals surface area contributed by atoms with Crippen LogP contribution in [0.1, 0.15) is 0 Å². The van der Waals surface area contributed by atoms with Crippen LogP contribution in [-0.4, -0.2) is 32.9 Å². The normalized spacial score (nSPS) is 0. The largest absolute Gasteiger partial charge is 2.00 e. The quantitative estimate of drug-likeness (QED) is 0.384. The first-order chi connectivity index (χ1) is 0. The summed E-state index contributed by atoms with van der Waals surface area (Å²) < 4.78 is 0. The summed E-state index contributed by atoms with van der Waals surface area (Å²) in [6, 6.07) is 0. The van der Waals surface area contributed by atoms with E-state index < -0.39 is 0 Å². The van der Waals surface area contributed by atoms with Crippen LogP contribution in [-0.2, 0) is 19.5 Å². The minimum atomic E-state index is 0. The van der Waals surface area contributed by atoms with Crippen molar-refractivity contribution in [2.75, 3.05) is 0 Å². The molecule has 0 aliphatic carbocycles. The maximum atomic E-state index is 0. The van der Waals surface area contributed by atoms with Crippen molar-refractivity contribution in [3.05, 3.63) is 0 Å². The Bertz CT molecular complexity index is 13.0. The summed E-state index contributed by atoms with van der Waals surface area (Å²) in [5, 5.41) is 0. The van der Waals surface area contributed by atoms with Crippen LogP contribution in [0.2, 0.25) is 0 Å². The van der Waals surface area contributed by atoms with Gasteiger partial charge in [0.15, 0.2) is 0 Å². The van der Waals surface area contributed by atoms with Gasteiger partial charge in [0.05, 0.1) is 0 Å². The average Bonchev–Trinajstić information content (AvgIpc) is 0. The van der Waals surface area contributed by atoms with E-state index in [1.54, 1.807) is 0 Å². The molecule has 0 atom stereocenters. The Hall–Kier alpha value is 1.25. The second-order valence-corrected chi connectivity index (χ2v) is 0. The first kappa shape index (κ1) is 753. The second-order valence-electron chi connectivity index (χ2n) is 0. The summed E-state index contributed by atoms with van der Waals surface area (Å²) in [7, 11) is 0. The van der Waals surface area contributed by atoms with Gasteiger partial charge in [0, 0.05) is 0 Å². The Morgan fingerprint density at radius 2 is 0.300 bits per heavy atom. The van der Waals surface area contributed by atoms with Crippen LogP contribution in [0.25, 0.3) is 0 Å². The third kappa shape index (κ3) is 401. The molecule has 79 valence electrons. The molecule has 0 saturated carbocycles. The Labute approximate surface area is 89.6 Å². The van der Waals surface area contributed by atoms with Crippen LogP contribution in [0.4, 0.5) is 0 Å². The number of halogens is 3. The molecule has 0 aliphatic heterocycles. The number of hydrogen-bond donors (Lipinski definition) is 0. The topological polar surface area (TPSA) is 189 Å². The molecule has 0 rings (SSSR count). The van der Waals surface area contributed by atoms with Crippen molar-refractivity contribution in [2.45, 2.75) is 0 Å². The van der Waals surface area contributed by atoms with E-state index in [1.165, 1.54) is 0 Å². The molecule has 10 heavy (non-hydrogen) atoms. The van der Waals surface area contributed by atoms with Gasteiger partial charge in [-0.15, -0.1) is 0 Å². The van der Waals surface area contributed by atoms with E-state index in [0.29, 0.717) is 0 Å². The van der Waals surface area contributed by atoms with Crippen LogP contribution < -0.4 is 37.2 Å². The van der Waals surface area contributed by atoms with E-state index in [4.69, 9.17) is 0 Å². The zero-order valence-electron chi connectivity index (χ0n) is 4.47. The van der Waals surface area contributed by atoms with E-state index >= 15 is 0 Å². The van der Waals surface area contributed by atoms with Gasteiger partial charge in [-0.1, -0.05) is 0 Å². The molecule has 0 aromatic rings. The summed E-state index contributed by atoms with van der Waals surface area (Å²) in [6.07, 6.45) is 0. The van der Waals surface area contributed by atoms with Gasteiger partial charge >= 0.3 is 19.5 Å². The van der Waals surface area contributed by atoms with Gasteiger partial charge in [-0.25, -0.2) is 0 Å². The van der Waals surface area contributed by atoms with Gasteiger partial charge in [0.1, 0.15) is 0 Å². The molecule has 0 bridgehead atoms. The summed E-state index contributed by atoms with van der Waals surface area (Å²) in [4.78, 5) is 0. The van der Waals surface area contributed by atoms with Crippen molar-refractivity contribution in [1.29, 1.82) is 0 Å². The van der Waals surface area contributed by atoms with Gasteiger partial charge < -0.3 is 70.1 Å². The average molecular weight is 317 g/mol. The van der Waals surface area contributed by atoms with Gasteiger partial charge in [-0.2, -0.15) is 0 Å². The van der Waals surface area contributed by atoms with E-state index in [-0.39, 0.29) is 89.6 Å². The Morgan fingerprint density at radius 3 is 0.300 bits per heavy atom. The predicted octanol–water partition coefficient (Wildman–Crippen LogP) is -13.9. The van der Waals surface area contributed by atoms with Crippen LogP contribution >= 0.6 is 0 Å². The summed E-state index contributed by atoms with van der Waals surface area (Å²) in [5.41, 5.74) is 0. The first-order valence-corrected chi connectivity index (χ1v) is 0. The third-order valence-corrected chi connectivity index (χ3v) is 0. The van der Waals surface area contributed by atoms with E-state index in [1.807, 2.05) is 0 Å². The van der Waals surface area contributed by atoms with Crippen molar-refractivity contribution in [1.82, 2.24) is 0 Å². The predicted molar refractivity (Wildman–Crippen MR) is 21.7 cm³/mol. The molecule has 12 N–H and O–H groups in total. The van der Waals surface area contributed by atoms with Crippen LogP contribution in [0.5, 0.6) is 0 Å². The summed E-state index contributed by atoms with van der Waals surface area (Å²) >= 11 is 0. The van der Waals surface area contributed by atoms with Gasteiger partial charge in [0.2, 0.25) is 0 Å². The molecule has 6 nitrogen and oxygen atoms in total. The smallest absolute Gasteiger partial charge is 1.00 e. The number of hydrogen-bond acceptors (Lipinski definition) is 0. The fourth-order valence-electron chi connectivity index (χ4n) is 0. The maximum Gasteiger partial charge on any atom is 2.00 e. The Balaban J connectivity index is 0. The molecule has 0 unspecified atom stereocenters. The van der Waals surface area contributed by atoms with E-state index in [0.717, 1.165) is 0 Å². The van der Waals surface area contributed by atoms with E-state index in [9.17, 15) is 0 Å². The molecule has 0 heterocycles. The molecule has 10 heteroatoms. The molecule has 0 spiro atoms. The molecule has 0 aliphatic rings. The molecule has 0 aromatic heterocycles. The molecular weight excluding hydrogens is 305 g/mol. The fourth-order valence-corrected chi connectivity index (χ4v) is 0. The molecule has 0 amide bonds. The van der Waals surface area contributed by atoms with Crippen LogP contribution in [0.3, 0.4) is 0 Å². The van der Waals surface area contributed by atoms with Crippen LogP contribution in [0, 0.1) is 0 Å². The fraction of sp³-hybridized carbons (Fsp3) is 0. The molecule has 0 saturated heterocycles. The molecule has 1 radical (unpaired) electrons. The molecular formula is H12Cl3O6Rh-. The Kier molecular flexibility index (Phi) is 42100. The monoisotopic (exact) mass is 316 g/mol. The first-order valence-electron chi connectivity index (χ1n) is 0. The van der Waals surface area contributed by atoms with Crippen molar-refractivity contribution in [3.8, 4) is 0 Å². The standard InChI is InChI=1S/3ClH.6H2O.Rh/h3*1H;6*1H2;/q;;;;;;;;;+2/p-3. The summed E-state index contributed by atoms with van der Waals surface area (Å²) in [5.74, 6) is 0. The van der Waals surface area contributed by atoms with Gasteiger partial charge in [-0.3, -0.25) is 0 Å². The Morgan fingerprint density at radius 1 is 0.300 bits per heavy atom.